The minimum absolute atomic E-state index is 0.882. The van der Waals surface area contributed by atoms with Crippen LogP contribution in [0.5, 0.6) is 0 Å². The van der Waals surface area contributed by atoms with Crippen molar-refractivity contribution < 1.29 is 0 Å². The van der Waals surface area contributed by atoms with Crippen LogP contribution in [0.25, 0.3) is 0 Å². The van der Waals surface area contributed by atoms with E-state index in [1.165, 1.54) is 25.7 Å². The normalized spacial score (nSPS) is 30.8. The molecule has 0 spiro atoms. The Morgan fingerprint density at radius 3 is 2.33 bits per heavy atom. The van der Waals surface area contributed by atoms with Crippen LogP contribution in [0.15, 0.2) is 0 Å². The lowest BCUT2D eigenvalue weighted by molar-refractivity contribution is 0.362. The number of hydrogen-bond acceptors (Lipinski definition) is 0. The van der Waals surface area contributed by atoms with Crippen molar-refractivity contribution in [2.75, 3.05) is 0 Å². The lowest BCUT2D eigenvalue weighted by Crippen LogP contribution is -2.05. The molecule has 72 valence electrons. The Bertz CT molecular complexity index is 126. The fourth-order valence-electron chi connectivity index (χ4n) is 2.07. The topological polar surface area (TPSA) is 0 Å². The average molecular weight is 168 g/mol. The summed E-state index contributed by atoms with van der Waals surface area (Å²) in [6.07, 6.45) is 5.89. The molecule has 0 aromatic carbocycles. The van der Waals surface area contributed by atoms with Crippen LogP contribution in [0.2, 0.25) is 0 Å². The fraction of sp³-hybridized carbons (Fsp3) is 1.00. The first-order valence-corrected chi connectivity index (χ1v) is 5.65. The maximum absolute atomic E-state index is 2.41. The summed E-state index contributed by atoms with van der Waals surface area (Å²) in [5.41, 5.74) is 0. The Morgan fingerprint density at radius 1 is 1.17 bits per heavy atom. The maximum Gasteiger partial charge on any atom is -0.0380 e. The molecule has 0 radical (unpaired) electrons. The Morgan fingerprint density at radius 2 is 1.83 bits per heavy atom. The van der Waals surface area contributed by atoms with Gasteiger partial charge >= 0.3 is 0 Å². The molecule has 0 heterocycles. The predicted octanol–water partition coefficient (Wildman–Crippen LogP) is 4.10. The van der Waals surface area contributed by atoms with E-state index in [-0.39, 0.29) is 0 Å². The molecule has 0 aromatic rings. The molecule has 0 saturated heterocycles. The summed E-state index contributed by atoms with van der Waals surface area (Å²) in [7, 11) is 0. The summed E-state index contributed by atoms with van der Waals surface area (Å²) in [4.78, 5) is 0. The summed E-state index contributed by atoms with van der Waals surface area (Å²) in [5, 5.41) is 0. The maximum atomic E-state index is 2.41. The van der Waals surface area contributed by atoms with Gasteiger partial charge in [0.05, 0.1) is 0 Å². The van der Waals surface area contributed by atoms with Gasteiger partial charge in [0.1, 0.15) is 0 Å². The highest BCUT2D eigenvalue weighted by Gasteiger charge is 2.36. The first-order valence-electron chi connectivity index (χ1n) is 5.65. The quantitative estimate of drug-likeness (QED) is 0.579. The molecule has 0 bridgehead atoms. The molecular formula is C12H24. The van der Waals surface area contributed by atoms with E-state index < -0.39 is 0 Å². The number of rotatable bonds is 5. The first kappa shape index (κ1) is 10.1. The fourth-order valence-corrected chi connectivity index (χ4v) is 2.07. The van der Waals surface area contributed by atoms with Crippen molar-refractivity contribution >= 4 is 0 Å². The van der Waals surface area contributed by atoms with Crippen LogP contribution in [0, 0.1) is 23.7 Å². The summed E-state index contributed by atoms with van der Waals surface area (Å²) in [6.45, 7) is 9.41. The summed E-state index contributed by atoms with van der Waals surface area (Å²) in [5.74, 6) is 4.03. The van der Waals surface area contributed by atoms with Gasteiger partial charge in [0.25, 0.3) is 0 Å². The predicted molar refractivity (Wildman–Crippen MR) is 55.1 cm³/mol. The van der Waals surface area contributed by atoms with Crippen LogP contribution in [-0.2, 0) is 0 Å². The van der Waals surface area contributed by atoms with Gasteiger partial charge in [0.2, 0.25) is 0 Å². The SMILES string of the molecule is CCCC1CC1CC(C)C(C)C. The third-order valence-corrected chi connectivity index (χ3v) is 3.54. The smallest absolute Gasteiger partial charge is 0.0380 e. The van der Waals surface area contributed by atoms with E-state index in [0.717, 1.165) is 23.7 Å². The Labute approximate surface area is 77.7 Å². The van der Waals surface area contributed by atoms with Gasteiger partial charge in [-0.2, -0.15) is 0 Å². The highest BCUT2D eigenvalue weighted by molar-refractivity contribution is 4.87. The zero-order valence-electron chi connectivity index (χ0n) is 9.14. The van der Waals surface area contributed by atoms with E-state index in [2.05, 4.69) is 27.7 Å². The molecule has 0 aliphatic heterocycles. The Hall–Kier alpha value is 0. The van der Waals surface area contributed by atoms with Crippen molar-refractivity contribution in [2.24, 2.45) is 23.7 Å². The van der Waals surface area contributed by atoms with Crippen LogP contribution in [0.3, 0.4) is 0 Å². The molecule has 0 nitrogen and oxygen atoms in total. The van der Waals surface area contributed by atoms with Gasteiger partial charge < -0.3 is 0 Å². The zero-order chi connectivity index (χ0) is 9.14. The van der Waals surface area contributed by atoms with Crippen molar-refractivity contribution in [3.8, 4) is 0 Å². The van der Waals surface area contributed by atoms with E-state index in [9.17, 15) is 0 Å². The van der Waals surface area contributed by atoms with Gasteiger partial charge in [0.15, 0.2) is 0 Å². The highest BCUT2D eigenvalue weighted by Crippen LogP contribution is 2.46. The first-order chi connectivity index (χ1) is 5.65. The largest absolute Gasteiger partial charge is 0.0654 e. The Balaban J connectivity index is 2.10. The van der Waals surface area contributed by atoms with E-state index in [0.29, 0.717) is 0 Å². The van der Waals surface area contributed by atoms with Crippen LogP contribution >= 0.6 is 0 Å². The molecule has 0 aromatic heterocycles. The standard InChI is InChI=1S/C12H24/c1-5-6-11-8-12(11)7-10(4)9(2)3/h9-12H,5-8H2,1-4H3. The van der Waals surface area contributed by atoms with Gasteiger partial charge in [-0.3, -0.25) is 0 Å². The highest BCUT2D eigenvalue weighted by atomic mass is 14.4. The van der Waals surface area contributed by atoms with Crippen molar-refractivity contribution in [1.82, 2.24) is 0 Å². The van der Waals surface area contributed by atoms with Crippen molar-refractivity contribution in [1.29, 1.82) is 0 Å². The lowest BCUT2D eigenvalue weighted by atomic mass is 9.92. The monoisotopic (exact) mass is 168 g/mol. The van der Waals surface area contributed by atoms with Gasteiger partial charge in [-0.05, 0) is 36.5 Å². The van der Waals surface area contributed by atoms with Gasteiger partial charge in [-0.25, -0.2) is 0 Å². The van der Waals surface area contributed by atoms with Crippen molar-refractivity contribution in [3.63, 3.8) is 0 Å². The molecule has 1 aliphatic carbocycles. The van der Waals surface area contributed by atoms with Gasteiger partial charge in [0, 0.05) is 0 Å². The van der Waals surface area contributed by atoms with Crippen molar-refractivity contribution in [3.05, 3.63) is 0 Å². The van der Waals surface area contributed by atoms with Gasteiger partial charge in [-0.15, -0.1) is 0 Å². The van der Waals surface area contributed by atoms with Crippen LogP contribution in [0.4, 0.5) is 0 Å². The Kier molecular flexibility index (Phi) is 3.61. The number of hydrogen-bond donors (Lipinski definition) is 0. The van der Waals surface area contributed by atoms with E-state index >= 15 is 0 Å². The van der Waals surface area contributed by atoms with Crippen LogP contribution in [0.1, 0.15) is 53.4 Å². The second kappa shape index (κ2) is 4.30. The molecule has 0 amide bonds. The molecule has 0 heteroatoms. The molecule has 0 N–H and O–H groups in total. The molecular weight excluding hydrogens is 144 g/mol. The molecule has 12 heavy (non-hydrogen) atoms. The van der Waals surface area contributed by atoms with Gasteiger partial charge in [-0.1, -0.05) is 40.5 Å². The van der Waals surface area contributed by atoms with Crippen LogP contribution in [-0.4, -0.2) is 0 Å². The van der Waals surface area contributed by atoms with E-state index in [4.69, 9.17) is 0 Å². The molecule has 3 atom stereocenters. The third kappa shape index (κ3) is 2.80. The average Bonchev–Trinajstić information content (AvgIpc) is 2.68. The molecule has 1 saturated carbocycles. The lowest BCUT2D eigenvalue weighted by Gasteiger charge is -2.14. The summed E-state index contributed by atoms with van der Waals surface area (Å²) >= 11 is 0. The summed E-state index contributed by atoms with van der Waals surface area (Å²) < 4.78 is 0. The second-order valence-electron chi connectivity index (χ2n) is 5.00. The molecule has 3 unspecified atom stereocenters. The molecule has 1 aliphatic rings. The van der Waals surface area contributed by atoms with Crippen molar-refractivity contribution in [2.45, 2.75) is 53.4 Å². The zero-order valence-corrected chi connectivity index (χ0v) is 9.14. The molecule has 1 fully saturated rings. The van der Waals surface area contributed by atoms with E-state index in [1.54, 1.807) is 0 Å². The minimum atomic E-state index is 0.882. The minimum Gasteiger partial charge on any atom is -0.0654 e. The van der Waals surface area contributed by atoms with Crippen LogP contribution < -0.4 is 0 Å². The van der Waals surface area contributed by atoms with E-state index in [1.807, 2.05) is 0 Å². The second-order valence-corrected chi connectivity index (χ2v) is 5.00. The third-order valence-electron chi connectivity index (χ3n) is 3.54. The summed E-state index contributed by atoms with van der Waals surface area (Å²) in [6, 6.07) is 0. The molecule has 1 rings (SSSR count).